The van der Waals surface area contributed by atoms with E-state index in [4.69, 9.17) is 0 Å². The number of carbonyl (C=O) groups excluding carboxylic acids is 1. The predicted molar refractivity (Wildman–Crippen MR) is 76.7 cm³/mol. The molecule has 0 bridgehead atoms. The third-order valence-corrected chi connectivity index (χ3v) is 3.52. The lowest BCUT2D eigenvalue weighted by Gasteiger charge is -2.02. The van der Waals surface area contributed by atoms with Crippen LogP contribution in [0.3, 0.4) is 0 Å². The van der Waals surface area contributed by atoms with Crippen molar-refractivity contribution in [2.24, 2.45) is 0 Å². The number of unbranched alkanes of at least 4 members (excludes halogenated alkanes) is 11. The van der Waals surface area contributed by atoms with Crippen LogP contribution >= 0.6 is 0 Å². The van der Waals surface area contributed by atoms with Gasteiger partial charge in [0, 0.05) is 6.42 Å². The van der Waals surface area contributed by atoms with Crippen molar-refractivity contribution >= 4 is 5.78 Å². The Labute approximate surface area is 117 Å². The van der Waals surface area contributed by atoms with Crippen molar-refractivity contribution in [2.45, 2.75) is 96.8 Å². The summed E-state index contributed by atoms with van der Waals surface area (Å²) in [7, 11) is 0. The van der Waals surface area contributed by atoms with E-state index < -0.39 is 12.2 Å². The molecule has 0 fully saturated rings. The Hall–Kier alpha value is -0.470. The number of rotatable bonds is 14. The number of alkyl halides is 2. The van der Waals surface area contributed by atoms with Crippen LogP contribution in [0.15, 0.2) is 0 Å². The molecular weight excluding hydrogens is 246 g/mol. The van der Waals surface area contributed by atoms with Crippen molar-refractivity contribution < 1.29 is 13.6 Å². The van der Waals surface area contributed by atoms with Gasteiger partial charge in [-0.05, 0) is 6.42 Å². The summed E-state index contributed by atoms with van der Waals surface area (Å²) >= 11 is 0. The quantitative estimate of drug-likeness (QED) is 0.360. The lowest BCUT2D eigenvalue weighted by atomic mass is 10.0. The van der Waals surface area contributed by atoms with Gasteiger partial charge in [-0.3, -0.25) is 4.79 Å². The second kappa shape index (κ2) is 14.0. The molecule has 0 N–H and O–H groups in total. The third-order valence-electron chi connectivity index (χ3n) is 3.52. The molecule has 0 atom stereocenters. The van der Waals surface area contributed by atoms with E-state index in [0.717, 1.165) is 12.8 Å². The zero-order valence-corrected chi connectivity index (χ0v) is 12.4. The topological polar surface area (TPSA) is 17.1 Å². The maximum absolute atomic E-state index is 11.9. The Morgan fingerprint density at radius 1 is 0.737 bits per heavy atom. The first-order valence-corrected chi connectivity index (χ1v) is 7.99. The fraction of sp³-hybridized carbons (Fsp3) is 0.938. The molecule has 1 nitrogen and oxygen atoms in total. The minimum atomic E-state index is -2.77. The molecule has 0 aromatic carbocycles. The van der Waals surface area contributed by atoms with Crippen molar-refractivity contribution in [2.75, 3.05) is 0 Å². The zero-order valence-electron chi connectivity index (χ0n) is 12.4. The smallest absolute Gasteiger partial charge is 0.293 e. The summed E-state index contributed by atoms with van der Waals surface area (Å²) in [6.45, 7) is 2.23. The molecule has 0 unspecified atom stereocenters. The van der Waals surface area contributed by atoms with Gasteiger partial charge in [0.1, 0.15) is 0 Å². The number of halogens is 2. The lowest BCUT2D eigenvalue weighted by Crippen LogP contribution is -2.08. The lowest BCUT2D eigenvalue weighted by molar-refractivity contribution is -0.129. The number of hydrogen-bond acceptors (Lipinski definition) is 1. The maximum atomic E-state index is 11.9. The minimum Gasteiger partial charge on any atom is -0.293 e. The van der Waals surface area contributed by atoms with Crippen molar-refractivity contribution in [3.63, 3.8) is 0 Å². The van der Waals surface area contributed by atoms with Crippen LogP contribution in [0.25, 0.3) is 0 Å². The minimum absolute atomic E-state index is 0.0507. The van der Waals surface area contributed by atoms with E-state index in [1.165, 1.54) is 57.8 Å². The van der Waals surface area contributed by atoms with Crippen molar-refractivity contribution in [3.05, 3.63) is 0 Å². The first-order valence-electron chi connectivity index (χ1n) is 7.99. The normalized spacial score (nSPS) is 11.2. The Balaban J connectivity index is 3.05. The standard InChI is InChI=1S/C16H30F2O/c1-2-3-4-5-6-7-8-9-10-11-12-13-14-15(19)16(17)18/h16H,2-14H2,1H3. The Bertz CT molecular complexity index is 205. The van der Waals surface area contributed by atoms with Crippen molar-refractivity contribution in [1.29, 1.82) is 0 Å². The monoisotopic (exact) mass is 276 g/mol. The van der Waals surface area contributed by atoms with E-state index in [1.54, 1.807) is 0 Å². The van der Waals surface area contributed by atoms with E-state index in [1.807, 2.05) is 0 Å². The zero-order chi connectivity index (χ0) is 14.3. The van der Waals surface area contributed by atoms with Crippen LogP contribution in [0.1, 0.15) is 90.4 Å². The van der Waals surface area contributed by atoms with Gasteiger partial charge in [-0.15, -0.1) is 0 Å². The molecule has 0 rings (SSSR count). The highest BCUT2D eigenvalue weighted by Crippen LogP contribution is 2.13. The molecule has 0 aliphatic heterocycles. The van der Waals surface area contributed by atoms with E-state index >= 15 is 0 Å². The van der Waals surface area contributed by atoms with Gasteiger partial charge >= 0.3 is 0 Å². The summed E-state index contributed by atoms with van der Waals surface area (Å²) in [4.78, 5) is 10.7. The van der Waals surface area contributed by atoms with Crippen LogP contribution in [0, 0.1) is 0 Å². The Morgan fingerprint density at radius 2 is 1.11 bits per heavy atom. The maximum Gasteiger partial charge on any atom is 0.295 e. The van der Waals surface area contributed by atoms with Gasteiger partial charge < -0.3 is 0 Å². The highest BCUT2D eigenvalue weighted by atomic mass is 19.3. The summed E-state index contributed by atoms with van der Waals surface area (Å²) in [5, 5.41) is 0. The van der Waals surface area contributed by atoms with Crippen LogP contribution in [0.5, 0.6) is 0 Å². The highest BCUT2D eigenvalue weighted by Gasteiger charge is 2.13. The summed E-state index contributed by atoms with van der Waals surface area (Å²) < 4.78 is 23.8. The molecule has 0 spiro atoms. The van der Waals surface area contributed by atoms with Crippen LogP contribution in [-0.2, 0) is 4.79 Å². The van der Waals surface area contributed by atoms with Gasteiger partial charge in [-0.1, -0.05) is 77.6 Å². The van der Waals surface area contributed by atoms with Gasteiger partial charge in [0.05, 0.1) is 0 Å². The van der Waals surface area contributed by atoms with Crippen LogP contribution in [0.4, 0.5) is 8.78 Å². The van der Waals surface area contributed by atoms with E-state index in [-0.39, 0.29) is 6.42 Å². The molecule has 0 amide bonds. The third kappa shape index (κ3) is 13.8. The second-order valence-electron chi connectivity index (χ2n) is 5.41. The van der Waals surface area contributed by atoms with Gasteiger partial charge in [-0.25, -0.2) is 8.78 Å². The van der Waals surface area contributed by atoms with Crippen LogP contribution in [-0.4, -0.2) is 12.2 Å². The molecule has 3 heteroatoms. The molecule has 0 heterocycles. The predicted octanol–water partition coefficient (Wildman–Crippen LogP) is 5.91. The number of carbonyl (C=O) groups is 1. The Kier molecular flexibility index (Phi) is 13.6. The van der Waals surface area contributed by atoms with Gasteiger partial charge in [0.25, 0.3) is 6.43 Å². The van der Waals surface area contributed by atoms with E-state index in [9.17, 15) is 13.6 Å². The highest BCUT2D eigenvalue weighted by molar-refractivity contribution is 5.81. The van der Waals surface area contributed by atoms with Crippen molar-refractivity contribution in [1.82, 2.24) is 0 Å². The fourth-order valence-corrected chi connectivity index (χ4v) is 2.25. The average molecular weight is 276 g/mol. The van der Waals surface area contributed by atoms with Gasteiger partial charge in [0.15, 0.2) is 5.78 Å². The first-order chi connectivity index (χ1) is 9.18. The summed E-state index contributed by atoms with van der Waals surface area (Å²) in [5.41, 5.74) is 0. The van der Waals surface area contributed by atoms with Crippen LogP contribution in [0.2, 0.25) is 0 Å². The number of hydrogen-bond donors (Lipinski definition) is 0. The summed E-state index contributed by atoms with van der Waals surface area (Å²) in [6, 6.07) is 0. The number of ketones is 1. The Morgan fingerprint density at radius 3 is 1.47 bits per heavy atom. The molecule has 0 saturated heterocycles. The fourth-order valence-electron chi connectivity index (χ4n) is 2.25. The number of Topliss-reactive ketones (excluding diaryl/α,β-unsaturated/α-hetero) is 1. The molecule has 0 saturated carbocycles. The molecule has 19 heavy (non-hydrogen) atoms. The van der Waals surface area contributed by atoms with Gasteiger partial charge in [-0.2, -0.15) is 0 Å². The molecule has 114 valence electrons. The van der Waals surface area contributed by atoms with Crippen LogP contribution < -0.4 is 0 Å². The second-order valence-corrected chi connectivity index (χ2v) is 5.41. The molecule has 0 aliphatic carbocycles. The molecule has 0 radical (unpaired) electrons. The molecule has 0 aromatic heterocycles. The molecule has 0 aliphatic rings. The van der Waals surface area contributed by atoms with Crippen molar-refractivity contribution in [3.8, 4) is 0 Å². The van der Waals surface area contributed by atoms with Gasteiger partial charge in [0.2, 0.25) is 0 Å². The largest absolute Gasteiger partial charge is 0.295 e. The summed E-state index contributed by atoms with van der Waals surface area (Å²) in [6.07, 6.45) is 11.7. The first kappa shape index (κ1) is 18.5. The molecular formula is C16H30F2O. The summed E-state index contributed by atoms with van der Waals surface area (Å²) in [5.74, 6) is -0.896. The van der Waals surface area contributed by atoms with E-state index in [2.05, 4.69) is 6.92 Å². The van der Waals surface area contributed by atoms with E-state index in [0.29, 0.717) is 6.42 Å². The SMILES string of the molecule is CCCCCCCCCCCCCCC(=O)C(F)F. The molecule has 0 aromatic rings. The average Bonchev–Trinajstić information content (AvgIpc) is 2.39.